The topological polar surface area (TPSA) is 15.3 Å². The van der Waals surface area contributed by atoms with Crippen LogP contribution < -0.4 is 5.32 Å². The average Bonchev–Trinajstić information content (AvgIpc) is 2.58. The summed E-state index contributed by atoms with van der Waals surface area (Å²) in [7, 11) is 2.07. The van der Waals surface area contributed by atoms with Crippen LogP contribution in [0, 0.1) is 6.92 Å². The molecular weight excluding hydrogens is 284 g/mol. The molecule has 4 heteroatoms. The first-order valence-corrected chi connectivity index (χ1v) is 7.44. The van der Waals surface area contributed by atoms with Gasteiger partial charge in [0.25, 0.3) is 0 Å². The van der Waals surface area contributed by atoms with Crippen molar-refractivity contribution in [3.05, 3.63) is 20.3 Å². The fourth-order valence-electron chi connectivity index (χ4n) is 2.25. The Balaban J connectivity index is 1.93. The maximum absolute atomic E-state index is 3.59. The van der Waals surface area contributed by atoms with Crippen molar-refractivity contribution in [3.63, 3.8) is 0 Å². The smallest absolute Gasteiger partial charge is 0.0329 e. The highest BCUT2D eigenvalue weighted by Gasteiger charge is 2.18. The van der Waals surface area contributed by atoms with E-state index in [1.54, 1.807) is 0 Å². The van der Waals surface area contributed by atoms with E-state index in [0.717, 1.165) is 6.54 Å². The van der Waals surface area contributed by atoms with E-state index in [1.165, 1.54) is 40.2 Å². The van der Waals surface area contributed by atoms with Gasteiger partial charge in [-0.05, 0) is 55.4 Å². The van der Waals surface area contributed by atoms with Gasteiger partial charge in [-0.25, -0.2) is 0 Å². The first-order valence-electron chi connectivity index (χ1n) is 5.83. The molecule has 1 fully saturated rings. The standard InChI is InChI=1S/C12H19BrN2S/c1-9-12(13)6-11(16-9)8-15-5-3-4-10(7-15)14-2/h6,10,14H,3-5,7-8H2,1-2H3. The second kappa shape index (κ2) is 5.63. The summed E-state index contributed by atoms with van der Waals surface area (Å²) < 4.78 is 1.26. The van der Waals surface area contributed by atoms with Crippen LogP contribution in [-0.2, 0) is 6.54 Å². The summed E-state index contributed by atoms with van der Waals surface area (Å²) in [5.74, 6) is 0. The molecule has 1 unspecified atom stereocenters. The molecule has 0 bridgehead atoms. The van der Waals surface area contributed by atoms with E-state index in [9.17, 15) is 0 Å². The van der Waals surface area contributed by atoms with E-state index in [-0.39, 0.29) is 0 Å². The van der Waals surface area contributed by atoms with Crippen molar-refractivity contribution in [2.24, 2.45) is 0 Å². The third kappa shape index (κ3) is 3.06. The Hall–Kier alpha value is 0.1000. The molecule has 90 valence electrons. The molecule has 0 amide bonds. The Morgan fingerprint density at radius 3 is 3.06 bits per heavy atom. The van der Waals surface area contributed by atoms with Crippen molar-refractivity contribution in [2.45, 2.75) is 32.4 Å². The van der Waals surface area contributed by atoms with Crippen molar-refractivity contribution >= 4 is 27.3 Å². The quantitative estimate of drug-likeness (QED) is 0.923. The molecule has 1 aromatic heterocycles. The molecule has 2 nitrogen and oxygen atoms in total. The van der Waals surface area contributed by atoms with Gasteiger partial charge in [0.2, 0.25) is 0 Å². The van der Waals surface area contributed by atoms with Gasteiger partial charge in [-0.2, -0.15) is 0 Å². The number of aryl methyl sites for hydroxylation is 1. The van der Waals surface area contributed by atoms with Gasteiger partial charge in [-0.1, -0.05) is 0 Å². The second-order valence-electron chi connectivity index (χ2n) is 4.48. The van der Waals surface area contributed by atoms with Crippen LogP contribution in [-0.4, -0.2) is 31.1 Å². The van der Waals surface area contributed by atoms with Crippen molar-refractivity contribution < 1.29 is 0 Å². The summed E-state index contributed by atoms with van der Waals surface area (Å²) in [4.78, 5) is 5.42. The third-order valence-corrected chi connectivity index (χ3v) is 5.32. The summed E-state index contributed by atoms with van der Waals surface area (Å²) in [5, 5.41) is 3.39. The van der Waals surface area contributed by atoms with Gasteiger partial charge >= 0.3 is 0 Å². The number of nitrogens with one attached hydrogen (secondary N) is 1. The highest BCUT2D eigenvalue weighted by atomic mass is 79.9. The van der Waals surface area contributed by atoms with Crippen LogP contribution in [0.15, 0.2) is 10.5 Å². The van der Waals surface area contributed by atoms with E-state index in [0.29, 0.717) is 6.04 Å². The van der Waals surface area contributed by atoms with Crippen LogP contribution in [0.2, 0.25) is 0 Å². The predicted octanol–water partition coefficient (Wildman–Crippen LogP) is 3.00. The lowest BCUT2D eigenvalue weighted by Crippen LogP contribution is -2.43. The zero-order chi connectivity index (χ0) is 11.5. The molecule has 0 radical (unpaired) electrons. The largest absolute Gasteiger partial charge is 0.316 e. The fourth-order valence-corrected chi connectivity index (χ4v) is 3.90. The molecule has 16 heavy (non-hydrogen) atoms. The van der Waals surface area contributed by atoms with Gasteiger partial charge in [0.05, 0.1) is 0 Å². The van der Waals surface area contributed by atoms with Crippen LogP contribution in [0.5, 0.6) is 0 Å². The molecule has 0 aliphatic carbocycles. The van der Waals surface area contributed by atoms with Gasteiger partial charge < -0.3 is 5.32 Å². The Kier molecular flexibility index (Phi) is 4.41. The molecule has 0 spiro atoms. The van der Waals surface area contributed by atoms with Gasteiger partial charge in [0.1, 0.15) is 0 Å². The van der Waals surface area contributed by atoms with Crippen LogP contribution >= 0.6 is 27.3 Å². The maximum Gasteiger partial charge on any atom is 0.0329 e. The molecule has 1 aliphatic rings. The number of nitrogens with zero attached hydrogens (tertiary/aromatic N) is 1. The number of thiophene rings is 1. The van der Waals surface area contributed by atoms with E-state index < -0.39 is 0 Å². The van der Waals surface area contributed by atoms with Crippen LogP contribution in [0.3, 0.4) is 0 Å². The summed E-state index contributed by atoms with van der Waals surface area (Å²) in [6, 6.07) is 2.95. The highest BCUT2D eigenvalue weighted by Crippen LogP contribution is 2.27. The van der Waals surface area contributed by atoms with Crippen molar-refractivity contribution in [3.8, 4) is 0 Å². The van der Waals surface area contributed by atoms with Crippen molar-refractivity contribution in [1.29, 1.82) is 0 Å². The van der Waals surface area contributed by atoms with Gasteiger partial charge in [0, 0.05) is 33.4 Å². The predicted molar refractivity (Wildman–Crippen MR) is 74.1 cm³/mol. The van der Waals surface area contributed by atoms with E-state index in [1.807, 2.05) is 11.3 Å². The van der Waals surface area contributed by atoms with Gasteiger partial charge in [-0.15, -0.1) is 11.3 Å². The molecule has 2 rings (SSSR count). The van der Waals surface area contributed by atoms with E-state index in [2.05, 4.69) is 46.2 Å². The molecule has 1 N–H and O–H groups in total. The molecule has 1 aliphatic heterocycles. The molecular formula is C12H19BrN2S. The van der Waals surface area contributed by atoms with Crippen molar-refractivity contribution in [1.82, 2.24) is 10.2 Å². The molecule has 0 saturated carbocycles. The average molecular weight is 303 g/mol. The lowest BCUT2D eigenvalue weighted by Gasteiger charge is -2.32. The van der Waals surface area contributed by atoms with Crippen LogP contribution in [0.25, 0.3) is 0 Å². The minimum absolute atomic E-state index is 0.679. The summed E-state index contributed by atoms with van der Waals surface area (Å²) in [6.45, 7) is 5.71. The molecule has 0 aromatic carbocycles. The first-order chi connectivity index (χ1) is 7.69. The Bertz CT molecular complexity index is 331. The number of hydrogen-bond donors (Lipinski definition) is 1. The lowest BCUT2D eigenvalue weighted by molar-refractivity contribution is 0.189. The molecule has 2 heterocycles. The zero-order valence-corrected chi connectivity index (χ0v) is 12.3. The summed E-state index contributed by atoms with van der Waals surface area (Å²) in [5.41, 5.74) is 0. The number of rotatable bonds is 3. The third-order valence-electron chi connectivity index (χ3n) is 3.20. The molecule has 1 saturated heterocycles. The Morgan fingerprint density at radius 2 is 2.44 bits per heavy atom. The van der Waals surface area contributed by atoms with Crippen LogP contribution in [0.1, 0.15) is 22.6 Å². The van der Waals surface area contributed by atoms with E-state index in [4.69, 9.17) is 0 Å². The maximum atomic E-state index is 3.59. The van der Waals surface area contributed by atoms with Crippen LogP contribution in [0.4, 0.5) is 0 Å². The normalized spacial score (nSPS) is 22.6. The summed E-state index contributed by atoms with van der Waals surface area (Å²) >= 11 is 5.49. The number of halogens is 1. The minimum Gasteiger partial charge on any atom is -0.316 e. The monoisotopic (exact) mass is 302 g/mol. The Morgan fingerprint density at radius 1 is 1.62 bits per heavy atom. The lowest BCUT2D eigenvalue weighted by atomic mass is 10.1. The highest BCUT2D eigenvalue weighted by molar-refractivity contribution is 9.10. The Labute approximate surface area is 110 Å². The molecule has 1 aromatic rings. The number of piperidine rings is 1. The number of hydrogen-bond acceptors (Lipinski definition) is 3. The minimum atomic E-state index is 0.679. The fraction of sp³-hybridized carbons (Fsp3) is 0.667. The van der Waals surface area contributed by atoms with Gasteiger partial charge in [0.15, 0.2) is 0 Å². The van der Waals surface area contributed by atoms with Crippen molar-refractivity contribution in [2.75, 3.05) is 20.1 Å². The number of likely N-dealkylation sites (tertiary alicyclic amines) is 1. The SMILES string of the molecule is CNC1CCCN(Cc2cc(Br)c(C)s2)C1. The van der Waals surface area contributed by atoms with Gasteiger partial charge in [-0.3, -0.25) is 4.90 Å². The van der Waals surface area contributed by atoms with E-state index >= 15 is 0 Å². The summed E-state index contributed by atoms with van der Waals surface area (Å²) in [6.07, 6.45) is 2.64. The first kappa shape index (κ1) is 12.6. The molecule has 1 atom stereocenters. The second-order valence-corrected chi connectivity index (χ2v) is 6.67. The zero-order valence-electron chi connectivity index (χ0n) is 9.92. The number of likely N-dealkylation sites (N-methyl/N-ethyl adjacent to an activating group) is 1.